The molecule has 2 aromatic rings. The van der Waals surface area contributed by atoms with Crippen LogP contribution in [0.2, 0.25) is 0 Å². The molecule has 2 aliphatic heterocycles. The molecule has 1 aromatic carbocycles. The summed E-state index contributed by atoms with van der Waals surface area (Å²) in [5.41, 5.74) is 1.24. The first-order valence-electron chi connectivity index (χ1n) is 11.2. The summed E-state index contributed by atoms with van der Waals surface area (Å²) in [6.45, 7) is 5.02. The van der Waals surface area contributed by atoms with Crippen LogP contribution in [0.3, 0.4) is 0 Å². The zero-order valence-corrected chi connectivity index (χ0v) is 19.2. The van der Waals surface area contributed by atoms with Gasteiger partial charge in [0.05, 0.1) is 12.9 Å². The van der Waals surface area contributed by atoms with E-state index in [4.69, 9.17) is 9.15 Å². The molecule has 0 aliphatic carbocycles. The van der Waals surface area contributed by atoms with Gasteiger partial charge in [-0.1, -0.05) is 18.6 Å². The minimum absolute atomic E-state index is 0.0935. The minimum Gasteiger partial charge on any atom is -0.497 e. The van der Waals surface area contributed by atoms with Crippen LogP contribution in [0.25, 0.3) is 0 Å². The molecule has 9 heteroatoms. The molecule has 0 saturated carbocycles. The lowest BCUT2D eigenvalue weighted by Crippen LogP contribution is -2.39. The van der Waals surface area contributed by atoms with Crippen LogP contribution in [0.15, 0.2) is 28.7 Å². The summed E-state index contributed by atoms with van der Waals surface area (Å²) in [6, 6.07) is 7.86. The first kappa shape index (κ1) is 22.2. The molecule has 2 saturated heterocycles. The number of methoxy groups -OCH3 is 1. The SMILES string of the molecule is CCS(=O)(=O)N1CCCC[C@H]1c1nnc(C2CCN(Cc3cccc(OC)c3)CC2)o1. The summed E-state index contributed by atoms with van der Waals surface area (Å²) >= 11 is 0. The lowest BCUT2D eigenvalue weighted by Gasteiger charge is -2.32. The van der Waals surface area contributed by atoms with Crippen LogP contribution in [0.1, 0.15) is 68.3 Å². The number of likely N-dealkylation sites (tertiary alicyclic amines) is 1. The zero-order valence-electron chi connectivity index (χ0n) is 18.4. The Morgan fingerprint density at radius 2 is 1.87 bits per heavy atom. The van der Waals surface area contributed by atoms with Crippen LogP contribution in [-0.2, 0) is 16.6 Å². The monoisotopic (exact) mass is 448 g/mol. The molecule has 4 rings (SSSR count). The summed E-state index contributed by atoms with van der Waals surface area (Å²) in [5.74, 6) is 2.30. The fraction of sp³-hybridized carbons (Fsp3) is 0.636. The van der Waals surface area contributed by atoms with Gasteiger partial charge < -0.3 is 9.15 Å². The van der Waals surface area contributed by atoms with E-state index in [1.165, 1.54) is 5.56 Å². The van der Waals surface area contributed by atoms with E-state index in [9.17, 15) is 8.42 Å². The Kier molecular flexibility index (Phi) is 6.93. The van der Waals surface area contributed by atoms with Gasteiger partial charge >= 0.3 is 0 Å². The number of rotatable bonds is 7. The van der Waals surface area contributed by atoms with Crippen LogP contribution in [0, 0.1) is 0 Å². The average Bonchev–Trinajstić information content (AvgIpc) is 3.30. The number of benzene rings is 1. The summed E-state index contributed by atoms with van der Waals surface area (Å²) in [6.07, 6.45) is 4.49. The number of ether oxygens (including phenoxy) is 1. The van der Waals surface area contributed by atoms with Gasteiger partial charge in [0.25, 0.3) is 0 Å². The Bertz CT molecular complexity index is 969. The van der Waals surface area contributed by atoms with Gasteiger partial charge in [0.1, 0.15) is 11.8 Å². The molecule has 2 aliphatic rings. The van der Waals surface area contributed by atoms with Crippen molar-refractivity contribution in [1.29, 1.82) is 0 Å². The largest absolute Gasteiger partial charge is 0.497 e. The molecule has 3 heterocycles. The van der Waals surface area contributed by atoms with Gasteiger partial charge in [-0.2, -0.15) is 4.31 Å². The first-order chi connectivity index (χ1) is 15.0. The van der Waals surface area contributed by atoms with Crippen molar-refractivity contribution in [1.82, 2.24) is 19.4 Å². The van der Waals surface area contributed by atoms with Gasteiger partial charge in [-0.25, -0.2) is 8.42 Å². The number of aromatic nitrogens is 2. The van der Waals surface area contributed by atoms with Crippen LogP contribution in [-0.4, -0.2) is 60.3 Å². The van der Waals surface area contributed by atoms with Crippen LogP contribution in [0.4, 0.5) is 0 Å². The first-order valence-corrected chi connectivity index (χ1v) is 12.8. The Hall–Kier alpha value is -1.97. The van der Waals surface area contributed by atoms with Crippen molar-refractivity contribution in [3.05, 3.63) is 41.6 Å². The highest BCUT2D eigenvalue weighted by molar-refractivity contribution is 7.89. The van der Waals surface area contributed by atoms with Gasteiger partial charge in [0, 0.05) is 19.0 Å². The predicted octanol–water partition coefficient (Wildman–Crippen LogP) is 3.33. The molecule has 0 amide bonds. The molecule has 0 N–H and O–H groups in total. The van der Waals surface area contributed by atoms with E-state index in [1.807, 2.05) is 12.1 Å². The highest BCUT2D eigenvalue weighted by Crippen LogP contribution is 2.35. The van der Waals surface area contributed by atoms with Crippen LogP contribution < -0.4 is 4.74 Å². The van der Waals surface area contributed by atoms with Crippen molar-refractivity contribution in [3.8, 4) is 5.75 Å². The molecule has 2 fully saturated rings. The van der Waals surface area contributed by atoms with Crippen LogP contribution in [0.5, 0.6) is 5.75 Å². The highest BCUT2D eigenvalue weighted by Gasteiger charge is 2.36. The second-order valence-electron chi connectivity index (χ2n) is 8.40. The smallest absolute Gasteiger partial charge is 0.234 e. The van der Waals surface area contributed by atoms with Crippen molar-refractivity contribution < 1.29 is 17.6 Å². The van der Waals surface area contributed by atoms with Crippen molar-refractivity contribution in [2.45, 2.75) is 57.5 Å². The van der Waals surface area contributed by atoms with Crippen LogP contribution >= 0.6 is 0 Å². The number of hydrogen-bond donors (Lipinski definition) is 0. The Morgan fingerprint density at radius 3 is 2.61 bits per heavy atom. The lowest BCUT2D eigenvalue weighted by atomic mass is 9.96. The van der Waals surface area contributed by atoms with Gasteiger partial charge in [-0.05, 0) is 63.4 Å². The number of piperidine rings is 2. The second-order valence-corrected chi connectivity index (χ2v) is 10.6. The maximum atomic E-state index is 12.5. The van der Waals surface area contributed by atoms with E-state index in [-0.39, 0.29) is 17.7 Å². The fourth-order valence-corrected chi connectivity index (χ4v) is 5.89. The Labute approximate surface area is 184 Å². The molecular weight excluding hydrogens is 416 g/mol. The zero-order chi connectivity index (χ0) is 21.8. The topological polar surface area (TPSA) is 88.8 Å². The number of hydrogen-bond acceptors (Lipinski definition) is 7. The summed E-state index contributed by atoms with van der Waals surface area (Å²) in [4.78, 5) is 2.43. The summed E-state index contributed by atoms with van der Waals surface area (Å²) < 4.78 is 37.9. The van der Waals surface area contributed by atoms with Gasteiger partial charge in [0.2, 0.25) is 21.8 Å². The summed E-state index contributed by atoms with van der Waals surface area (Å²) in [7, 11) is -1.60. The Morgan fingerprint density at radius 1 is 1.10 bits per heavy atom. The van der Waals surface area contributed by atoms with Crippen molar-refractivity contribution >= 4 is 10.0 Å². The lowest BCUT2D eigenvalue weighted by molar-refractivity contribution is 0.183. The second kappa shape index (κ2) is 9.67. The molecule has 0 unspecified atom stereocenters. The maximum absolute atomic E-state index is 12.5. The molecule has 1 atom stereocenters. The molecule has 170 valence electrons. The number of sulfonamides is 1. The quantitative estimate of drug-likeness (QED) is 0.642. The third-order valence-electron chi connectivity index (χ3n) is 6.39. The van der Waals surface area contributed by atoms with Gasteiger partial charge in [-0.15, -0.1) is 10.2 Å². The Balaban J connectivity index is 1.37. The van der Waals surface area contributed by atoms with E-state index >= 15 is 0 Å². The molecule has 0 radical (unpaired) electrons. The van der Waals surface area contributed by atoms with E-state index in [1.54, 1.807) is 18.3 Å². The molecule has 31 heavy (non-hydrogen) atoms. The minimum atomic E-state index is -3.29. The van der Waals surface area contributed by atoms with Gasteiger partial charge in [0.15, 0.2) is 0 Å². The van der Waals surface area contributed by atoms with E-state index in [0.29, 0.717) is 18.3 Å². The maximum Gasteiger partial charge on any atom is 0.234 e. The molecule has 8 nitrogen and oxygen atoms in total. The molecule has 0 bridgehead atoms. The fourth-order valence-electron chi connectivity index (χ4n) is 4.56. The van der Waals surface area contributed by atoms with E-state index < -0.39 is 10.0 Å². The average molecular weight is 449 g/mol. The van der Waals surface area contributed by atoms with E-state index in [2.05, 4.69) is 27.2 Å². The molecular formula is C22H32N4O4S. The van der Waals surface area contributed by atoms with Crippen molar-refractivity contribution in [3.63, 3.8) is 0 Å². The molecule has 0 spiro atoms. The predicted molar refractivity (Wildman–Crippen MR) is 117 cm³/mol. The summed E-state index contributed by atoms with van der Waals surface area (Å²) in [5, 5.41) is 8.58. The van der Waals surface area contributed by atoms with E-state index in [0.717, 1.165) is 57.5 Å². The van der Waals surface area contributed by atoms with Crippen molar-refractivity contribution in [2.75, 3.05) is 32.5 Å². The standard InChI is InChI=1S/C22H32N4O4S/c1-3-31(27,28)26-12-5-4-9-20(26)22-24-23-21(30-22)18-10-13-25(14-11-18)16-17-7-6-8-19(15-17)29-2/h6-8,15,18,20H,3-5,9-14,16H2,1-2H3/t20-/m0/s1. The normalized spacial score (nSPS) is 21.9. The third kappa shape index (κ3) is 5.10. The highest BCUT2D eigenvalue weighted by atomic mass is 32.2. The third-order valence-corrected chi connectivity index (χ3v) is 8.28. The number of nitrogens with zero attached hydrogens (tertiary/aromatic N) is 4. The van der Waals surface area contributed by atoms with Gasteiger partial charge in [-0.3, -0.25) is 4.90 Å². The van der Waals surface area contributed by atoms with Crippen molar-refractivity contribution in [2.24, 2.45) is 0 Å². The molecule has 1 aromatic heterocycles.